The Hall–Kier alpha value is -4.65. The molecule has 2 N–H and O–H groups in total. The molecule has 0 fully saturated rings. The minimum atomic E-state index is -0.728. The van der Waals surface area contributed by atoms with E-state index in [1.807, 2.05) is 60.7 Å². The molecule has 0 radical (unpaired) electrons. The first-order valence-corrected chi connectivity index (χ1v) is 12.3. The number of esters is 2. The third-order valence-corrected chi connectivity index (χ3v) is 6.19. The van der Waals surface area contributed by atoms with E-state index in [4.69, 9.17) is 9.47 Å². The highest BCUT2D eigenvalue weighted by Crippen LogP contribution is 2.39. The Balaban J connectivity index is 1.67. The quantitative estimate of drug-likeness (QED) is 0.396. The smallest absolute Gasteiger partial charge is 0.337 e. The van der Waals surface area contributed by atoms with E-state index >= 15 is 0 Å². The third kappa shape index (κ3) is 6.37. The summed E-state index contributed by atoms with van der Waals surface area (Å²) in [4.78, 5) is 38.5. The molecular formula is C31H30N2O5. The fourth-order valence-electron chi connectivity index (χ4n) is 4.43. The average molecular weight is 511 g/mol. The zero-order valence-electron chi connectivity index (χ0n) is 21.6. The molecule has 4 rings (SSSR count). The molecule has 0 saturated heterocycles. The van der Waals surface area contributed by atoms with E-state index in [1.165, 1.54) is 6.92 Å². The highest BCUT2D eigenvalue weighted by Gasteiger charge is 2.38. The van der Waals surface area contributed by atoms with Gasteiger partial charge in [0.1, 0.15) is 13.2 Å². The standard InChI is InChI=1S/C31H30N2O5/c1-20-27(30(35)37-18-23-10-6-4-7-11-23)29(25-14-16-26(17-15-25)33-22(3)34)28(21(2)32-20)31(36)38-19-24-12-8-5-9-13-24/h4-17,29,32H,18-19H2,1-3H3,(H,33,34). The lowest BCUT2D eigenvalue weighted by Crippen LogP contribution is -2.32. The third-order valence-electron chi connectivity index (χ3n) is 6.19. The number of nitrogens with one attached hydrogen (secondary N) is 2. The number of benzene rings is 3. The maximum atomic E-state index is 13.5. The number of amides is 1. The van der Waals surface area contributed by atoms with Gasteiger partial charge in [-0.3, -0.25) is 4.79 Å². The maximum absolute atomic E-state index is 13.5. The summed E-state index contributed by atoms with van der Waals surface area (Å²) in [5.74, 6) is -1.98. The van der Waals surface area contributed by atoms with Crippen LogP contribution in [0.5, 0.6) is 0 Å². The van der Waals surface area contributed by atoms with E-state index in [1.54, 1.807) is 38.1 Å². The SMILES string of the molecule is CC(=O)Nc1ccc(C2C(C(=O)OCc3ccccc3)=C(C)NC(C)=C2C(=O)OCc2ccccc2)cc1. The Morgan fingerprint density at radius 1 is 0.711 bits per heavy atom. The van der Waals surface area contributed by atoms with Crippen molar-refractivity contribution in [3.8, 4) is 0 Å². The Morgan fingerprint density at radius 3 is 1.58 bits per heavy atom. The summed E-state index contributed by atoms with van der Waals surface area (Å²) in [6, 6.07) is 25.9. The molecule has 1 heterocycles. The molecule has 1 amide bonds. The van der Waals surface area contributed by atoms with E-state index in [9.17, 15) is 14.4 Å². The first-order valence-electron chi connectivity index (χ1n) is 12.3. The second-order valence-electron chi connectivity index (χ2n) is 9.06. The highest BCUT2D eigenvalue weighted by molar-refractivity contribution is 6.00. The van der Waals surface area contributed by atoms with Gasteiger partial charge < -0.3 is 20.1 Å². The highest BCUT2D eigenvalue weighted by atomic mass is 16.5. The molecule has 3 aromatic carbocycles. The molecule has 0 aromatic heterocycles. The molecule has 0 aliphatic carbocycles. The molecule has 0 spiro atoms. The largest absolute Gasteiger partial charge is 0.457 e. The van der Waals surface area contributed by atoms with Gasteiger partial charge in [-0.15, -0.1) is 0 Å². The Kier molecular flexibility index (Phi) is 8.38. The number of hydrogen-bond acceptors (Lipinski definition) is 6. The molecule has 1 aliphatic heterocycles. The molecule has 3 aromatic rings. The number of dihydropyridines is 1. The second kappa shape index (κ2) is 12.1. The lowest BCUT2D eigenvalue weighted by molar-refractivity contribution is -0.141. The zero-order valence-corrected chi connectivity index (χ0v) is 21.6. The van der Waals surface area contributed by atoms with Crippen molar-refractivity contribution in [2.75, 3.05) is 5.32 Å². The molecule has 0 unspecified atom stereocenters. The van der Waals surface area contributed by atoms with Gasteiger partial charge in [0.25, 0.3) is 0 Å². The van der Waals surface area contributed by atoms with Crippen LogP contribution in [-0.4, -0.2) is 17.8 Å². The van der Waals surface area contributed by atoms with Crippen LogP contribution >= 0.6 is 0 Å². The molecule has 38 heavy (non-hydrogen) atoms. The second-order valence-corrected chi connectivity index (χ2v) is 9.06. The Morgan fingerprint density at radius 2 is 1.16 bits per heavy atom. The summed E-state index contributed by atoms with van der Waals surface area (Å²) < 4.78 is 11.4. The maximum Gasteiger partial charge on any atom is 0.337 e. The molecular weight excluding hydrogens is 480 g/mol. The van der Waals surface area contributed by atoms with Gasteiger partial charge in [-0.1, -0.05) is 72.8 Å². The van der Waals surface area contributed by atoms with Gasteiger partial charge >= 0.3 is 11.9 Å². The van der Waals surface area contributed by atoms with E-state index in [2.05, 4.69) is 10.6 Å². The fraction of sp³-hybridized carbons (Fsp3) is 0.194. The van der Waals surface area contributed by atoms with Crippen LogP contribution in [0.1, 0.15) is 43.4 Å². The van der Waals surface area contributed by atoms with Gasteiger partial charge in [0, 0.05) is 24.0 Å². The van der Waals surface area contributed by atoms with Gasteiger partial charge in [-0.2, -0.15) is 0 Å². The molecule has 1 aliphatic rings. The van der Waals surface area contributed by atoms with E-state index in [0.717, 1.165) is 11.1 Å². The summed E-state index contributed by atoms with van der Waals surface area (Å²) in [6.07, 6.45) is 0. The first-order chi connectivity index (χ1) is 18.3. The predicted octanol–water partition coefficient (Wildman–Crippen LogP) is 5.37. The number of carbonyl (C=O) groups is 3. The van der Waals surface area contributed by atoms with E-state index in [-0.39, 0.29) is 19.1 Å². The van der Waals surface area contributed by atoms with Crippen molar-refractivity contribution < 1.29 is 23.9 Å². The summed E-state index contributed by atoms with van der Waals surface area (Å²) >= 11 is 0. The van der Waals surface area contributed by atoms with Gasteiger partial charge in [-0.05, 0) is 42.7 Å². The fourth-order valence-corrected chi connectivity index (χ4v) is 4.43. The Bertz CT molecular complexity index is 1300. The molecule has 0 atom stereocenters. The Labute approximate surface area is 222 Å². The normalized spacial score (nSPS) is 13.6. The topological polar surface area (TPSA) is 93.7 Å². The lowest BCUT2D eigenvalue weighted by Gasteiger charge is -2.30. The number of allylic oxidation sites excluding steroid dienone is 2. The minimum absolute atomic E-state index is 0.0983. The van der Waals surface area contributed by atoms with E-state index in [0.29, 0.717) is 33.8 Å². The van der Waals surface area contributed by atoms with Gasteiger partial charge in [0.15, 0.2) is 0 Å². The van der Waals surface area contributed by atoms with Crippen molar-refractivity contribution in [2.45, 2.75) is 39.9 Å². The average Bonchev–Trinajstić information content (AvgIpc) is 2.91. The zero-order chi connectivity index (χ0) is 27.1. The van der Waals surface area contributed by atoms with Crippen LogP contribution < -0.4 is 10.6 Å². The minimum Gasteiger partial charge on any atom is -0.457 e. The van der Waals surface area contributed by atoms with Crippen LogP contribution in [0.15, 0.2) is 107 Å². The summed E-state index contributed by atoms with van der Waals surface area (Å²) in [6.45, 7) is 5.20. The number of hydrogen-bond donors (Lipinski definition) is 2. The first kappa shape index (κ1) is 26.4. The summed E-state index contributed by atoms with van der Waals surface area (Å²) in [5.41, 5.74) is 4.85. The summed E-state index contributed by atoms with van der Waals surface area (Å²) in [5, 5.41) is 5.91. The van der Waals surface area contributed by atoms with Gasteiger partial charge in [-0.25, -0.2) is 9.59 Å². The van der Waals surface area contributed by atoms with Crippen molar-refractivity contribution >= 4 is 23.5 Å². The number of ether oxygens (including phenoxy) is 2. The number of anilines is 1. The number of rotatable bonds is 8. The number of carbonyl (C=O) groups excluding carboxylic acids is 3. The van der Waals surface area contributed by atoms with E-state index < -0.39 is 17.9 Å². The van der Waals surface area contributed by atoms with Crippen LogP contribution in [0.25, 0.3) is 0 Å². The van der Waals surface area contributed by atoms with Crippen molar-refractivity contribution in [2.24, 2.45) is 0 Å². The van der Waals surface area contributed by atoms with Gasteiger partial charge in [0.2, 0.25) is 5.91 Å². The van der Waals surface area contributed by atoms with Crippen LogP contribution in [-0.2, 0) is 37.1 Å². The molecule has 0 saturated carbocycles. The van der Waals surface area contributed by atoms with Crippen LogP contribution in [0.3, 0.4) is 0 Å². The molecule has 7 heteroatoms. The monoisotopic (exact) mass is 510 g/mol. The van der Waals surface area contributed by atoms with Gasteiger partial charge in [0.05, 0.1) is 17.1 Å². The van der Waals surface area contributed by atoms with Crippen LogP contribution in [0, 0.1) is 0 Å². The lowest BCUT2D eigenvalue weighted by atomic mass is 9.80. The van der Waals surface area contributed by atoms with Crippen molar-refractivity contribution in [3.05, 3.63) is 124 Å². The molecule has 0 bridgehead atoms. The van der Waals surface area contributed by atoms with Crippen LogP contribution in [0.4, 0.5) is 5.69 Å². The van der Waals surface area contributed by atoms with Crippen LogP contribution in [0.2, 0.25) is 0 Å². The predicted molar refractivity (Wildman–Crippen MR) is 144 cm³/mol. The van der Waals surface area contributed by atoms with Crippen molar-refractivity contribution in [3.63, 3.8) is 0 Å². The van der Waals surface area contributed by atoms with Crippen molar-refractivity contribution in [1.29, 1.82) is 0 Å². The van der Waals surface area contributed by atoms with Crippen molar-refractivity contribution in [1.82, 2.24) is 5.32 Å². The molecule has 194 valence electrons. The summed E-state index contributed by atoms with van der Waals surface area (Å²) in [7, 11) is 0. The molecule has 7 nitrogen and oxygen atoms in total.